The quantitative estimate of drug-likeness (QED) is 0.467. The summed E-state index contributed by atoms with van der Waals surface area (Å²) >= 11 is 0. The Morgan fingerprint density at radius 3 is 2.65 bits per heavy atom. The number of piperazine rings is 1. The Hall–Kier alpha value is -2.75. The van der Waals surface area contributed by atoms with E-state index in [0.29, 0.717) is 0 Å². The van der Waals surface area contributed by atoms with Gasteiger partial charge in [-0.05, 0) is 80.3 Å². The van der Waals surface area contributed by atoms with E-state index < -0.39 is 22.0 Å². The molecule has 3 N–H and O–H groups in total. The fourth-order valence-electron chi connectivity index (χ4n) is 5.32. The first-order valence-electron chi connectivity index (χ1n) is 13.3. The van der Waals surface area contributed by atoms with Crippen LogP contribution in [0.1, 0.15) is 60.4 Å². The van der Waals surface area contributed by atoms with Gasteiger partial charge in [0.15, 0.2) is 0 Å². The molecule has 2 aromatic carbocycles. The van der Waals surface area contributed by atoms with Crippen molar-refractivity contribution in [1.29, 1.82) is 0 Å². The molecule has 1 heterocycles. The summed E-state index contributed by atoms with van der Waals surface area (Å²) in [6.45, 7) is 4.15. The first kappa shape index (κ1) is 25.9. The first-order chi connectivity index (χ1) is 17.8. The molecule has 0 spiro atoms. The maximum Gasteiger partial charge on any atom is 0.243 e. The third-order valence-electron chi connectivity index (χ3n) is 7.60. The summed E-state index contributed by atoms with van der Waals surface area (Å²) in [6, 6.07) is 11.8. The minimum Gasteiger partial charge on any atom is -0.353 e. The molecule has 1 saturated heterocycles. The number of carbonyl (C=O) groups is 2. The van der Waals surface area contributed by atoms with Gasteiger partial charge in [-0.15, -0.1) is 0 Å². The smallest absolute Gasteiger partial charge is 0.243 e. The average molecular weight is 525 g/mol. The molecular formula is C28H36N4O4S. The van der Waals surface area contributed by atoms with Crippen molar-refractivity contribution in [2.75, 3.05) is 19.6 Å². The van der Waals surface area contributed by atoms with Gasteiger partial charge in [0.1, 0.15) is 6.04 Å². The molecule has 0 aromatic heterocycles. The van der Waals surface area contributed by atoms with Gasteiger partial charge in [0.25, 0.3) is 0 Å². The SMILES string of the molecule is Cc1ccc(S(=O)(=O)N2CCNC(=O)[C@H]2CC(=O)N[C@@H]2CCCc3cc(CNCC4CC4)ccc32)cc1. The standard InChI is InChI=1S/C28H36N4O4S/c1-19-5-10-23(11-6-19)37(35,36)32-14-13-30-28(34)26(32)16-27(33)31-25-4-2-3-22-15-21(9-12-24(22)25)18-29-17-20-7-8-20/h5-6,9-12,15,20,25-26,29H,2-4,7-8,13-14,16-18H2,1H3,(H,30,34)(H,31,33)/t25-,26-/m1/s1. The topological polar surface area (TPSA) is 108 Å². The van der Waals surface area contributed by atoms with Gasteiger partial charge in [0, 0.05) is 19.6 Å². The summed E-state index contributed by atoms with van der Waals surface area (Å²) in [5.74, 6) is 0.0786. The third kappa shape index (κ3) is 6.05. The molecule has 0 unspecified atom stereocenters. The molecule has 0 bridgehead atoms. The summed E-state index contributed by atoms with van der Waals surface area (Å²) in [7, 11) is -3.92. The summed E-state index contributed by atoms with van der Waals surface area (Å²) < 4.78 is 27.9. The molecule has 198 valence electrons. The Balaban J connectivity index is 1.26. The molecule has 0 radical (unpaired) electrons. The molecule has 2 fully saturated rings. The van der Waals surface area contributed by atoms with Gasteiger partial charge in [-0.2, -0.15) is 4.31 Å². The van der Waals surface area contributed by atoms with Gasteiger partial charge in [-0.3, -0.25) is 9.59 Å². The van der Waals surface area contributed by atoms with E-state index in [1.54, 1.807) is 24.3 Å². The molecule has 9 heteroatoms. The van der Waals surface area contributed by atoms with Gasteiger partial charge >= 0.3 is 0 Å². The van der Waals surface area contributed by atoms with Gasteiger partial charge in [0.05, 0.1) is 17.4 Å². The molecular weight excluding hydrogens is 488 g/mol. The molecule has 3 aliphatic rings. The van der Waals surface area contributed by atoms with Crippen molar-refractivity contribution < 1.29 is 18.0 Å². The Kier molecular flexibility index (Phi) is 7.65. The summed E-state index contributed by atoms with van der Waals surface area (Å²) in [5.41, 5.74) is 4.56. The van der Waals surface area contributed by atoms with Crippen molar-refractivity contribution in [3.8, 4) is 0 Å². The average Bonchev–Trinajstić information content (AvgIpc) is 3.70. The number of hydrogen-bond donors (Lipinski definition) is 3. The first-order valence-corrected chi connectivity index (χ1v) is 14.7. The zero-order chi connectivity index (χ0) is 26.0. The highest BCUT2D eigenvalue weighted by Gasteiger charge is 2.40. The number of nitrogens with zero attached hydrogens (tertiary/aromatic N) is 1. The van der Waals surface area contributed by atoms with E-state index in [9.17, 15) is 18.0 Å². The van der Waals surface area contributed by atoms with E-state index in [4.69, 9.17) is 0 Å². The fourth-order valence-corrected chi connectivity index (χ4v) is 6.91. The van der Waals surface area contributed by atoms with Crippen LogP contribution in [0.5, 0.6) is 0 Å². The lowest BCUT2D eigenvalue weighted by Crippen LogP contribution is -2.58. The third-order valence-corrected chi connectivity index (χ3v) is 9.53. The largest absolute Gasteiger partial charge is 0.353 e. The van der Waals surface area contributed by atoms with Crippen molar-refractivity contribution in [2.45, 2.75) is 69.0 Å². The molecule has 37 heavy (non-hydrogen) atoms. The second-order valence-electron chi connectivity index (χ2n) is 10.6. The number of carbonyl (C=O) groups excluding carboxylic acids is 2. The number of fused-ring (bicyclic) bond motifs is 1. The minimum atomic E-state index is -3.92. The zero-order valence-corrected chi connectivity index (χ0v) is 22.1. The Labute approximate surface area is 219 Å². The van der Waals surface area contributed by atoms with Crippen LogP contribution in [0.15, 0.2) is 47.4 Å². The number of amides is 2. The number of benzene rings is 2. The number of rotatable bonds is 9. The highest BCUT2D eigenvalue weighted by atomic mass is 32.2. The van der Waals surface area contributed by atoms with E-state index in [1.165, 1.54) is 28.3 Å². The Morgan fingerprint density at radius 1 is 1.11 bits per heavy atom. The van der Waals surface area contributed by atoms with Crippen LogP contribution in [-0.2, 0) is 32.6 Å². The van der Waals surface area contributed by atoms with Crippen LogP contribution in [0.2, 0.25) is 0 Å². The molecule has 8 nitrogen and oxygen atoms in total. The second kappa shape index (κ2) is 10.9. The zero-order valence-electron chi connectivity index (χ0n) is 21.3. The molecule has 1 saturated carbocycles. The van der Waals surface area contributed by atoms with Gasteiger partial charge in [-0.1, -0.05) is 35.9 Å². The van der Waals surface area contributed by atoms with Crippen molar-refractivity contribution in [3.05, 3.63) is 64.7 Å². The van der Waals surface area contributed by atoms with Crippen LogP contribution >= 0.6 is 0 Å². The van der Waals surface area contributed by atoms with Crippen LogP contribution < -0.4 is 16.0 Å². The van der Waals surface area contributed by atoms with E-state index in [2.05, 4.69) is 34.1 Å². The molecule has 2 aliphatic carbocycles. The highest BCUT2D eigenvalue weighted by Crippen LogP contribution is 2.31. The van der Waals surface area contributed by atoms with Crippen LogP contribution in [0.25, 0.3) is 0 Å². The maximum absolute atomic E-state index is 13.3. The Bertz CT molecular complexity index is 1260. The normalized spacial score (nSPS) is 22.2. The summed E-state index contributed by atoms with van der Waals surface area (Å²) in [6.07, 6.45) is 5.21. The van der Waals surface area contributed by atoms with Gasteiger partial charge in [0.2, 0.25) is 21.8 Å². The van der Waals surface area contributed by atoms with Crippen LogP contribution in [0, 0.1) is 12.8 Å². The molecule has 2 atom stereocenters. The van der Waals surface area contributed by atoms with Crippen LogP contribution in [-0.4, -0.2) is 50.2 Å². The lowest BCUT2D eigenvalue weighted by atomic mass is 9.86. The number of nitrogens with one attached hydrogen (secondary N) is 3. The van der Waals surface area contributed by atoms with E-state index in [0.717, 1.165) is 49.4 Å². The van der Waals surface area contributed by atoms with Gasteiger partial charge in [-0.25, -0.2) is 8.42 Å². The second-order valence-corrected chi connectivity index (χ2v) is 12.5. The van der Waals surface area contributed by atoms with Crippen molar-refractivity contribution >= 4 is 21.8 Å². The molecule has 1 aliphatic heterocycles. The van der Waals surface area contributed by atoms with Crippen molar-refractivity contribution in [3.63, 3.8) is 0 Å². The number of aryl methyl sites for hydroxylation is 2. The lowest BCUT2D eigenvalue weighted by Gasteiger charge is -2.34. The highest BCUT2D eigenvalue weighted by molar-refractivity contribution is 7.89. The lowest BCUT2D eigenvalue weighted by molar-refractivity contribution is -0.132. The maximum atomic E-state index is 13.3. The van der Waals surface area contributed by atoms with Crippen molar-refractivity contribution in [2.24, 2.45) is 5.92 Å². The van der Waals surface area contributed by atoms with Gasteiger partial charge < -0.3 is 16.0 Å². The predicted octanol–water partition coefficient (Wildman–Crippen LogP) is 2.57. The summed E-state index contributed by atoms with van der Waals surface area (Å²) in [4.78, 5) is 26.0. The van der Waals surface area contributed by atoms with Crippen LogP contribution in [0.3, 0.4) is 0 Å². The fraction of sp³-hybridized carbons (Fsp3) is 0.500. The van der Waals surface area contributed by atoms with Crippen molar-refractivity contribution in [1.82, 2.24) is 20.3 Å². The number of sulfonamides is 1. The molecule has 2 amide bonds. The predicted molar refractivity (Wildman–Crippen MR) is 141 cm³/mol. The van der Waals surface area contributed by atoms with E-state index in [-0.39, 0.29) is 36.4 Å². The summed E-state index contributed by atoms with van der Waals surface area (Å²) in [5, 5.41) is 9.35. The Morgan fingerprint density at radius 2 is 1.89 bits per heavy atom. The van der Waals surface area contributed by atoms with Crippen LogP contribution in [0.4, 0.5) is 0 Å². The minimum absolute atomic E-state index is 0.127. The molecule has 5 rings (SSSR count). The monoisotopic (exact) mass is 524 g/mol. The molecule has 2 aromatic rings. The van der Waals surface area contributed by atoms with E-state index in [1.807, 2.05) is 6.92 Å². The number of hydrogen-bond acceptors (Lipinski definition) is 5. The van der Waals surface area contributed by atoms with E-state index >= 15 is 0 Å².